The van der Waals surface area contributed by atoms with E-state index in [4.69, 9.17) is 0 Å². The van der Waals surface area contributed by atoms with Gasteiger partial charge < -0.3 is 0 Å². The highest BCUT2D eigenvalue weighted by Crippen LogP contribution is 2.51. The van der Waals surface area contributed by atoms with Gasteiger partial charge in [-0.25, -0.2) is 4.39 Å². The molecule has 1 aromatic heterocycles. The molecule has 12 heteroatoms. The fourth-order valence-electron chi connectivity index (χ4n) is 6.03. The Morgan fingerprint density at radius 3 is 2.25 bits per heavy atom. The summed E-state index contributed by atoms with van der Waals surface area (Å²) in [5, 5.41) is 9.93. The molecule has 36 heavy (non-hydrogen) atoms. The summed E-state index contributed by atoms with van der Waals surface area (Å²) >= 11 is 1.39. The zero-order valence-corrected chi connectivity index (χ0v) is 20.6. The molecule has 0 amide bonds. The van der Waals surface area contributed by atoms with Gasteiger partial charge in [-0.1, -0.05) is 23.5 Å². The van der Waals surface area contributed by atoms with Crippen LogP contribution in [0.25, 0.3) is 21.1 Å². The molecule has 190 valence electrons. The summed E-state index contributed by atoms with van der Waals surface area (Å²) in [7, 11) is -4.21. The van der Waals surface area contributed by atoms with Crippen LogP contribution in [0.4, 0.5) is 17.6 Å². The van der Waals surface area contributed by atoms with Gasteiger partial charge in [-0.05, 0) is 79.0 Å². The lowest BCUT2D eigenvalue weighted by Crippen LogP contribution is -2.52. The lowest BCUT2D eigenvalue weighted by atomic mass is 9.79. The lowest BCUT2D eigenvalue weighted by molar-refractivity contribution is -0.136. The van der Waals surface area contributed by atoms with Gasteiger partial charge in [0.05, 0.1) is 5.54 Å². The maximum Gasteiger partial charge on any atom is 0.402 e. The van der Waals surface area contributed by atoms with E-state index in [0.717, 1.165) is 35.1 Å². The first-order valence-corrected chi connectivity index (χ1v) is 13.9. The number of nitrogens with one attached hydrogen (secondary N) is 1. The predicted octanol–water partition coefficient (Wildman–Crippen LogP) is 4.59. The molecule has 3 aliphatic rings. The van der Waals surface area contributed by atoms with Crippen LogP contribution < -0.4 is 4.72 Å². The topological polar surface area (TPSA) is 75.2 Å². The Balaban J connectivity index is 1.29. The quantitative estimate of drug-likeness (QED) is 0.495. The van der Waals surface area contributed by atoms with Crippen LogP contribution in [0.15, 0.2) is 42.5 Å². The van der Waals surface area contributed by atoms with Gasteiger partial charge in [0.1, 0.15) is 22.4 Å². The summed E-state index contributed by atoms with van der Waals surface area (Å²) in [6, 6.07) is 12.0. The number of rotatable bonds is 3. The van der Waals surface area contributed by atoms with Crippen molar-refractivity contribution in [3.63, 3.8) is 0 Å². The van der Waals surface area contributed by atoms with Gasteiger partial charge in [-0.3, -0.25) is 0 Å². The zero-order valence-electron chi connectivity index (χ0n) is 18.9. The largest absolute Gasteiger partial charge is 0.402 e. The molecule has 2 aromatic carbocycles. The molecule has 2 heterocycles. The average molecular weight is 539 g/mol. The second-order valence-corrected chi connectivity index (χ2v) is 12.5. The molecule has 0 radical (unpaired) electrons. The third-order valence-electron chi connectivity index (χ3n) is 7.68. The number of fused-ring (bicyclic) bond motifs is 1. The van der Waals surface area contributed by atoms with Crippen LogP contribution in [0.5, 0.6) is 0 Å². The second-order valence-electron chi connectivity index (χ2n) is 9.81. The Hall–Kier alpha value is -2.41. The van der Waals surface area contributed by atoms with E-state index in [9.17, 15) is 26.0 Å². The van der Waals surface area contributed by atoms with E-state index in [1.165, 1.54) is 23.5 Å². The van der Waals surface area contributed by atoms with Gasteiger partial charge in [0.15, 0.2) is 0 Å². The highest BCUT2D eigenvalue weighted by molar-refractivity contribution is 7.87. The Morgan fingerprint density at radius 2 is 1.58 bits per heavy atom. The maximum absolute atomic E-state index is 13.3. The molecule has 2 aliphatic carbocycles. The van der Waals surface area contributed by atoms with Gasteiger partial charge in [-0.2, -0.15) is 30.6 Å². The van der Waals surface area contributed by atoms with E-state index in [-0.39, 0.29) is 24.2 Å². The van der Waals surface area contributed by atoms with Gasteiger partial charge in [-0.15, -0.1) is 10.2 Å². The average Bonchev–Trinajstić information content (AvgIpc) is 3.43. The van der Waals surface area contributed by atoms with E-state index < -0.39 is 28.5 Å². The molecule has 1 N–H and O–H groups in total. The molecule has 3 unspecified atom stereocenters. The van der Waals surface area contributed by atoms with Crippen molar-refractivity contribution >= 4 is 21.5 Å². The van der Waals surface area contributed by atoms with Crippen LogP contribution in [0.1, 0.15) is 24.0 Å². The third kappa shape index (κ3) is 4.13. The summed E-state index contributed by atoms with van der Waals surface area (Å²) in [6.45, 7) is -1.64. The Labute approximate surface area is 209 Å². The number of benzene rings is 2. The molecular weight excluding hydrogens is 516 g/mol. The van der Waals surface area contributed by atoms with Crippen molar-refractivity contribution in [1.82, 2.24) is 19.2 Å². The Kier molecular flexibility index (Phi) is 5.52. The normalized spacial score (nSPS) is 27.3. The summed E-state index contributed by atoms with van der Waals surface area (Å²) in [5.74, 6) is -0.502. The van der Waals surface area contributed by atoms with Crippen molar-refractivity contribution in [2.24, 2.45) is 11.8 Å². The smallest absolute Gasteiger partial charge is 0.207 e. The van der Waals surface area contributed by atoms with Crippen molar-refractivity contribution in [1.29, 1.82) is 0 Å². The fraction of sp³-hybridized carbons (Fsp3) is 0.417. The summed E-state index contributed by atoms with van der Waals surface area (Å²) in [6.07, 6.45) is -1.90. The van der Waals surface area contributed by atoms with Gasteiger partial charge >= 0.3 is 6.18 Å². The maximum atomic E-state index is 13.3. The first-order valence-electron chi connectivity index (χ1n) is 11.6. The first-order chi connectivity index (χ1) is 17.0. The first kappa shape index (κ1) is 24.0. The number of nitrogens with zero attached hydrogens (tertiary/aromatic N) is 3. The monoisotopic (exact) mass is 538 g/mol. The Morgan fingerprint density at radius 1 is 0.972 bits per heavy atom. The number of alkyl halides is 3. The van der Waals surface area contributed by atoms with Crippen LogP contribution in [-0.2, 0) is 23.1 Å². The van der Waals surface area contributed by atoms with Crippen molar-refractivity contribution in [3.05, 3.63) is 59.4 Å². The molecular formula is C24H22F4N4O2S2. The summed E-state index contributed by atoms with van der Waals surface area (Å²) in [5.41, 5.74) is 2.89. The van der Waals surface area contributed by atoms with Crippen LogP contribution in [0, 0.1) is 17.7 Å². The highest BCUT2D eigenvalue weighted by Gasteiger charge is 2.60. The second kappa shape index (κ2) is 8.30. The molecule has 3 atom stereocenters. The molecule has 1 saturated heterocycles. The van der Waals surface area contributed by atoms with Crippen molar-refractivity contribution in [3.8, 4) is 21.1 Å². The molecule has 6 nitrogen and oxygen atoms in total. The predicted molar refractivity (Wildman–Crippen MR) is 127 cm³/mol. The number of halogens is 4. The molecule has 1 saturated carbocycles. The van der Waals surface area contributed by atoms with Crippen LogP contribution in [-0.4, -0.2) is 47.7 Å². The van der Waals surface area contributed by atoms with Gasteiger partial charge in [0.25, 0.3) is 10.2 Å². The number of hydrogen-bond acceptors (Lipinski definition) is 5. The van der Waals surface area contributed by atoms with Crippen molar-refractivity contribution in [2.45, 2.75) is 37.4 Å². The van der Waals surface area contributed by atoms with Crippen LogP contribution >= 0.6 is 11.3 Å². The fourth-order valence-corrected chi connectivity index (χ4v) is 8.58. The third-order valence-corrected chi connectivity index (χ3v) is 10.3. The van der Waals surface area contributed by atoms with E-state index in [1.807, 2.05) is 18.2 Å². The molecule has 1 aliphatic heterocycles. The standard InChI is InChI=1S/C24H22F4N4O2S2/c25-20-7-3-14(4-8-20)21-29-30-22(35-21)16-2-1-15-10-18-5-6-19(11-17(15)9-16)23(18)12-32(13-24(26,27)28)36(33,34)31-23/h1-4,7-9,18-19,31H,5-6,10-13H2. The summed E-state index contributed by atoms with van der Waals surface area (Å²) in [4.78, 5) is 0. The Bertz CT molecular complexity index is 1420. The lowest BCUT2D eigenvalue weighted by Gasteiger charge is -2.33. The minimum absolute atomic E-state index is 0.0748. The molecule has 2 fully saturated rings. The summed E-state index contributed by atoms with van der Waals surface area (Å²) < 4.78 is 81.1. The minimum atomic E-state index is -4.60. The van der Waals surface area contributed by atoms with E-state index in [0.29, 0.717) is 27.2 Å². The minimum Gasteiger partial charge on any atom is -0.207 e. The van der Waals surface area contributed by atoms with Crippen molar-refractivity contribution in [2.75, 3.05) is 13.1 Å². The van der Waals surface area contributed by atoms with E-state index in [1.54, 1.807) is 12.1 Å². The van der Waals surface area contributed by atoms with E-state index >= 15 is 0 Å². The van der Waals surface area contributed by atoms with Crippen LogP contribution in [0.3, 0.4) is 0 Å². The van der Waals surface area contributed by atoms with Crippen molar-refractivity contribution < 1.29 is 26.0 Å². The zero-order chi connectivity index (χ0) is 25.3. The van der Waals surface area contributed by atoms with Crippen LogP contribution in [0.2, 0.25) is 0 Å². The SMILES string of the molecule is O=S1(=O)NC2(CN1CC(F)(F)F)C1CCC2Cc2cc(-c3nnc(-c4ccc(F)cc4)s3)ccc2C1. The molecule has 3 aromatic rings. The number of aromatic nitrogens is 2. The molecule has 6 rings (SSSR count). The molecule has 2 bridgehead atoms. The molecule has 1 spiro atoms. The van der Waals surface area contributed by atoms with Gasteiger partial charge in [0.2, 0.25) is 0 Å². The van der Waals surface area contributed by atoms with E-state index in [2.05, 4.69) is 14.9 Å². The van der Waals surface area contributed by atoms with Gasteiger partial charge in [0, 0.05) is 17.7 Å². The highest BCUT2D eigenvalue weighted by atomic mass is 32.2. The number of hydrogen-bond donors (Lipinski definition) is 1.